The second-order valence-corrected chi connectivity index (χ2v) is 6.52. The molecule has 2 aliphatic rings. The predicted octanol–water partition coefficient (Wildman–Crippen LogP) is 0.291. The minimum Gasteiger partial charge on any atom is -0.392 e. The van der Waals surface area contributed by atoms with Crippen LogP contribution in [0.3, 0.4) is 0 Å². The quantitative estimate of drug-likeness (QED) is 0.740. The van der Waals surface area contributed by atoms with Gasteiger partial charge in [0, 0.05) is 38.8 Å². The predicted molar refractivity (Wildman–Crippen MR) is 84.7 cm³/mol. The molecule has 114 valence electrons. The van der Waals surface area contributed by atoms with E-state index in [-0.39, 0.29) is 5.91 Å². The van der Waals surface area contributed by atoms with Gasteiger partial charge in [-0.3, -0.25) is 9.69 Å². The maximum absolute atomic E-state index is 12.4. The minimum absolute atomic E-state index is 0.223. The van der Waals surface area contributed by atoms with Gasteiger partial charge in [0.25, 0.3) is 0 Å². The number of piperazine rings is 1. The molecule has 1 saturated carbocycles. The van der Waals surface area contributed by atoms with Gasteiger partial charge in [0.15, 0.2) is 0 Å². The van der Waals surface area contributed by atoms with Crippen LogP contribution in [-0.4, -0.2) is 78.0 Å². The minimum atomic E-state index is 0.223. The van der Waals surface area contributed by atoms with E-state index in [4.69, 9.17) is 18.0 Å². The highest BCUT2D eigenvalue weighted by molar-refractivity contribution is 7.80. The summed E-state index contributed by atoms with van der Waals surface area (Å²) in [7, 11) is 2.10. The Balaban J connectivity index is 1.89. The Bertz CT molecular complexity index is 349. The largest absolute Gasteiger partial charge is 0.392 e. The van der Waals surface area contributed by atoms with Gasteiger partial charge in [0.05, 0.1) is 11.5 Å². The standard InChI is InChI=1S/C14H26N4OS/c1-16-6-8-17(9-7-16)14(19)11-18(10-13(15)20)12-4-2-3-5-12/h12H,2-11H2,1H3,(H2,15,20). The monoisotopic (exact) mass is 298 g/mol. The SMILES string of the molecule is CN1CCN(C(=O)CN(CC(N)=S)C2CCCC2)CC1. The first-order valence-corrected chi connectivity index (χ1v) is 7.96. The van der Waals surface area contributed by atoms with Crippen LogP contribution in [0, 0.1) is 0 Å². The Morgan fingerprint density at radius 2 is 1.80 bits per heavy atom. The van der Waals surface area contributed by atoms with E-state index in [9.17, 15) is 4.79 Å². The lowest BCUT2D eigenvalue weighted by Gasteiger charge is -2.35. The number of amides is 1. The normalized spacial score (nSPS) is 21.6. The number of rotatable bonds is 5. The summed E-state index contributed by atoms with van der Waals surface area (Å²) in [5.41, 5.74) is 5.69. The summed E-state index contributed by atoms with van der Waals surface area (Å²) >= 11 is 5.04. The molecule has 0 aromatic rings. The van der Waals surface area contributed by atoms with Crippen molar-refractivity contribution >= 4 is 23.1 Å². The molecular formula is C14H26N4OS. The van der Waals surface area contributed by atoms with Gasteiger partial charge in [-0.1, -0.05) is 25.1 Å². The van der Waals surface area contributed by atoms with Crippen molar-refractivity contribution < 1.29 is 4.79 Å². The van der Waals surface area contributed by atoms with E-state index in [1.54, 1.807) is 0 Å². The van der Waals surface area contributed by atoms with Crippen LogP contribution in [0.25, 0.3) is 0 Å². The second-order valence-electron chi connectivity index (χ2n) is 5.99. The van der Waals surface area contributed by atoms with Crippen molar-refractivity contribution in [1.29, 1.82) is 0 Å². The van der Waals surface area contributed by atoms with Crippen LogP contribution in [-0.2, 0) is 4.79 Å². The molecule has 0 spiro atoms. The Morgan fingerprint density at radius 1 is 1.20 bits per heavy atom. The molecule has 2 N–H and O–H groups in total. The Hall–Kier alpha value is -0.720. The van der Waals surface area contributed by atoms with Gasteiger partial charge in [-0.15, -0.1) is 0 Å². The van der Waals surface area contributed by atoms with Crippen LogP contribution in [0.5, 0.6) is 0 Å². The zero-order valence-electron chi connectivity index (χ0n) is 12.4. The zero-order chi connectivity index (χ0) is 14.5. The zero-order valence-corrected chi connectivity index (χ0v) is 13.2. The highest BCUT2D eigenvalue weighted by Crippen LogP contribution is 2.23. The molecule has 1 amide bonds. The first-order valence-electron chi connectivity index (χ1n) is 7.55. The second kappa shape index (κ2) is 7.33. The summed E-state index contributed by atoms with van der Waals surface area (Å²) in [6, 6.07) is 0.480. The van der Waals surface area contributed by atoms with Gasteiger partial charge in [0.2, 0.25) is 5.91 Å². The van der Waals surface area contributed by atoms with E-state index in [0.29, 0.717) is 24.1 Å². The number of carbonyl (C=O) groups is 1. The Kier molecular flexibility index (Phi) is 5.74. The third-order valence-electron chi connectivity index (χ3n) is 4.39. The molecule has 0 aromatic heterocycles. The molecule has 0 radical (unpaired) electrons. The third-order valence-corrected chi connectivity index (χ3v) is 4.52. The molecule has 20 heavy (non-hydrogen) atoms. The molecule has 2 rings (SSSR count). The van der Waals surface area contributed by atoms with Crippen molar-refractivity contribution in [2.24, 2.45) is 5.73 Å². The van der Waals surface area contributed by atoms with E-state index in [1.807, 2.05) is 4.90 Å². The van der Waals surface area contributed by atoms with Crippen LogP contribution < -0.4 is 5.73 Å². The molecule has 1 saturated heterocycles. The maximum atomic E-state index is 12.4. The smallest absolute Gasteiger partial charge is 0.236 e. The topological polar surface area (TPSA) is 52.8 Å². The van der Waals surface area contributed by atoms with E-state index >= 15 is 0 Å². The Labute approximate surface area is 127 Å². The van der Waals surface area contributed by atoms with E-state index in [0.717, 1.165) is 26.2 Å². The lowest BCUT2D eigenvalue weighted by molar-refractivity contribution is -0.134. The summed E-state index contributed by atoms with van der Waals surface area (Å²) in [6.45, 7) is 4.63. The van der Waals surface area contributed by atoms with Gasteiger partial charge >= 0.3 is 0 Å². The first kappa shape index (κ1) is 15.7. The van der Waals surface area contributed by atoms with Crippen molar-refractivity contribution in [3.8, 4) is 0 Å². The summed E-state index contributed by atoms with van der Waals surface area (Å²) in [6.07, 6.45) is 4.83. The molecule has 0 atom stereocenters. The fourth-order valence-corrected chi connectivity index (χ4v) is 3.28. The number of thiocarbonyl (C=S) groups is 1. The third kappa shape index (κ3) is 4.40. The van der Waals surface area contributed by atoms with Crippen LogP contribution in [0.4, 0.5) is 0 Å². The number of carbonyl (C=O) groups excluding carboxylic acids is 1. The lowest BCUT2D eigenvalue weighted by atomic mass is 10.2. The highest BCUT2D eigenvalue weighted by Gasteiger charge is 2.27. The lowest BCUT2D eigenvalue weighted by Crippen LogP contribution is -2.52. The molecular weight excluding hydrogens is 272 g/mol. The van der Waals surface area contributed by atoms with Gasteiger partial charge in [0.1, 0.15) is 0 Å². The van der Waals surface area contributed by atoms with Crippen molar-refractivity contribution in [3.63, 3.8) is 0 Å². The van der Waals surface area contributed by atoms with Crippen molar-refractivity contribution in [1.82, 2.24) is 14.7 Å². The van der Waals surface area contributed by atoms with Crippen LogP contribution >= 0.6 is 12.2 Å². The molecule has 0 unspecified atom stereocenters. The van der Waals surface area contributed by atoms with Gasteiger partial charge in [-0.25, -0.2) is 0 Å². The average molecular weight is 298 g/mol. The number of likely N-dealkylation sites (N-methyl/N-ethyl adjacent to an activating group) is 1. The molecule has 0 aromatic carbocycles. The van der Waals surface area contributed by atoms with Crippen molar-refractivity contribution in [2.45, 2.75) is 31.7 Å². The Morgan fingerprint density at radius 3 is 2.35 bits per heavy atom. The van der Waals surface area contributed by atoms with Crippen LogP contribution in [0.1, 0.15) is 25.7 Å². The van der Waals surface area contributed by atoms with Crippen molar-refractivity contribution in [2.75, 3.05) is 46.3 Å². The molecule has 0 bridgehead atoms. The van der Waals surface area contributed by atoms with Crippen molar-refractivity contribution in [3.05, 3.63) is 0 Å². The van der Waals surface area contributed by atoms with Gasteiger partial charge < -0.3 is 15.5 Å². The molecule has 1 heterocycles. The number of hydrogen-bond donors (Lipinski definition) is 1. The molecule has 6 heteroatoms. The van der Waals surface area contributed by atoms with Crippen LogP contribution in [0.2, 0.25) is 0 Å². The molecule has 1 aliphatic heterocycles. The van der Waals surface area contributed by atoms with Gasteiger partial charge in [-0.05, 0) is 19.9 Å². The van der Waals surface area contributed by atoms with E-state index in [2.05, 4.69) is 16.8 Å². The summed E-state index contributed by atoms with van der Waals surface area (Å²) < 4.78 is 0. The number of hydrogen-bond acceptors (Lipinski definition) is 4. The van der Waals surface area contributed by atoms with Gasteiger partial charge in [-0.2, -0.15) is 0 Å². The number of nitrogens with two attached hydrogens (primary N) is 1. The average Bonchev–Trinajstić information content (AvgIpc) is 2.92. The number of nitrogens with zero attached hydrogens (tertiary/aromatic N) is 3. The molecule has 5 nitrogen and oxygen atoms in total. The fourth-order valence-electron chi connectivity index (χ4n) is 3.11. The molecule has 2 fully saturated rings. The highest BCUT2D eigenvalue weighted by atomic mass is 32.1. The fraction of sp³-hybridized carbons (Fsp3) is 0.857. The van der Waals surface area contributed by atoms with Crippen LogP contribution in [0.15, 0.2) is 0 Å². The van der Waals surface area contributed by atoms with E-state index < -0.39 is 0 Å². The maximum Gasteiger partial charge on any atom is 0.236 e. The summed E-state index contributed by atoms with van der Waals surface area (Å²) in [4.78, 5) is 19.3. The van der Waals surface area contributed by atoms with E-state index in [1.165, 1.54) is 25.7 Å². The molecule has 1 aliphatic carbocycles. The summed E-state index contributed by atoms with van der Waals surface area (Å²) in [5, 5.41) is 0. The summed E-state index contributed by atoms with van der Waals surface area (Å²) in [5.74, 6) is 0.223. The first-order chi connectivity index (χ1) is 9.56.